The Morgan fingerprint density at radius 2 is 1.90 bits per heavy atom. The number of hydrogen-bond donors (Lipinski definition) is 1. The predicted molar refractivity (Wildman–Crippen MR) is 113 cm³/mol. The van der Waals surface area contributed by atoms with E-state index in [0.29, 0.717) is 24.0 Å². The van der Waals surface area contributed by atoms with E-state index in [-0.39, 0.29) is 5.82 Å². The maximum atomic E-state index is 12.9. The zero-order valence-electron chi connectivity index (χ0n) is 15.8. The third-order valence-electron chi connectivity index (χ3n) is 4.79. The van der Waals surface area contributed by atoms with Crippen molar-refractivity contribution in [2.45, 2.75) is 13.0 Å². The van der Waals surface area contributed by atoms with Crippen LogP contribution in [0.3, 0.4) is 0 Å². The van der Waals surface area contributed by atoms with Crippen molar-refractivity contribution in [2.24, 2.45) is 0 Å². The second kappa shape index (κ2) is 8.03. The van der Waals surface area contributed by atoms with Crippen LogP contribution in [0.4, 0.5) is 10.4 Å². The Balaban J connectivity index is 0.000000178. The fourth-order valence-corrected chi connectivity index (χ4v) is 3.91. The van der Waals surface area contributed by atoms with Crippen molar-refractivity contribution in [1.82, 2.24) is 25.1 Å². The summed E-state index contributed by atoms with van der Waals surface area (Å²) in [7, 11) is 0. The SMILES string of the molecule is Fc1ccc(-c2nnc(N3CCc4nc[nH]c4C3)o2)cc1.c1ccc2scnc2c1. The van der Waals surface area contributed by atoms with Gasteiger partial charge in [0.25, 0.3) is 0 Å². The molecule has 0 bridgehead atoms. The average molecular weight is 420 g/mol. The van der Waals surface area contributed by atoms with E-state index < -0.39 is 0 Å². The quantitative estimate of drug-likeness (QED) is 0.454. The molecule has 7 nitrogen and oxygen atoms in total. The van der Waals surface area contributed by atoms with Gasteiger partial charge in [-0.25, -0.2) is 14.4 Å². The molecule has 0 radical (unpaired) electrons. The molecule has 1 aliphatic heterocycles. The van der Waals surface area contributed by atoms with Gasteiger partial charge in [-0.15, -0.1) is 16.4 Å². The average Bonchev–Trinajstić information content (AvgIpc) is 3.54. The number of thiazole rings is 1. The Bertz CT molecular complexity index is 1230. The number of rotatable bonds is 2. The molecule has 1 N–H and O–H groups in total. The lowest BCUT2D eigenvalue weighted by atomic mass is 10.1. The molecule has 5 aromatic rings. The van der Waals surface area contributed by atoms with Gasteiger partial charge < -0.3 is 14.3 Å². The molecule has 0 spiro atoms. The van der Waals surface area contributed by atoms with Crippen molar-refractivity contribution in [3.05, 3.63) is 77.6 Å². The van der Waals surface area contributed by atoms with E-state index in [9.17, 15) is 4.39 Å². The maximum absolute atomic E-state index is 12.9. The second-order valence-corrected chi connectivity index (χ2v) is 7.60. The van der Waals surface area contributed by atoms with E-state index in [1.165, 1.54) is 16.8 Å². The highest BCUT2D eigenvalue weighted by Crippen LogP contribution is 2.25. The molecule has 9 heteroatoms. The molecular formula is C21H17FN6OS. The molecule has 150 valence electrons. The van der Waals surface area contributed by atoms with Crippen molar-refractivity contribution < 1.29 is 8.81 Å². The van der Waals surface area contributed by atoms with Gasteiger partial charge in [0.2, 0.25) is 5.89 Å². The lowest BCUT2D eigenvalue weighted by molar-refractivity contribution is 0.530. The fourth-order valence-electron chi connectivity index (χ4n) is 3.23. The van der Waals surface area contributed by atoms with Crippen LogP contribution in [-0.4, -0.2) is 31.7 Å². The number of aromatic nitrogens is 5. The molecule has 0 unspecified atom stereocenters. The highest BCUT2D eigenvalue weighted by molar-refractivity contribution is 7.16. The first-order valence-corrected chi connectivity index (χ1v) is 10.3. The number of aromatic amines is 1. The Hall–Kier alpha value is -3.59. The zero-order valence-corrected chi connectivity index (χ0v) is 16.6. The minimum Gasteiger partial charge on any atom is -0.403 e. The van der Waals surface area contributed by atoms with E-state index in [0.717, 1.165) is 29.9 Å². The molecule has 6 rings (SSSR count). The lowest BCUT2D eigenvalue weighted by Gasteiger charge is -2.23. The van der Waals surface area contributed by atoms with Crippen LogP contribution in [-0.2, 0) is 13.0 Å². The Kier molecular flexibility index (Phi) is 4.94. The number of para-hydroxylation sites is 1. The zero-order chi connectivity index (χ0) is 20.3. The van der Waals surface area contributed by atoms with E-state index >= 15 is 0 Å². The predicted octanol–water partition coefficient (Wildman–Crippen LogP) is 4.46. The first-order chi connectivity index (χ1) is 14.8. The summed E-state index contributed by atoms with van der Waals surface area (Å²) in [5.41, 5.74) is 5.83. The van der Waals surface area contributed by atoms with Gasteiger partial charge in [-0.3, -0.25) is 0 Å². The van der Waals surface area contributed by atoms with Crippen molar-refractivity contribution in [3.63, 3.8) is 0 Å². The minimum atomic E-state index is -0.290. The largest absolute Gasteiger partial charge is 0.403 e. The molecule has 2 aromatic carbocycles. The molecule has 1 aliphatic rings. The Morgan fingerprint density at radius 3 is 2.77 bits per heavy atom. The normalized spacial score (nSPS) is 13.0. The van der Waals surface area contributed by atoms with Crippen LogP contribution < -0.4 is 4.90 Å². The highest BCUT2D eigenvalue weighted by Gasteiger charge is 2.22. The van der Waals surface area contributed by atoms with E-state index in [2.05, 4.69) is 31.2 Å². The monoisotopic (exact) mass is 420 g/mol. The van der Waals surface area contributed by atoms with Crippen molar-refractivity contribution in [2.75, 3.05) is 11.4 Å². The summed E-state index contributed by atoms with van der Waals surface area (Å²) in [6, 6.07) is 14.6. The first-order valence-electron chi connectivity index (χ1n) is 9.40. The van der Waals surface area contributed by atoms with Gasteiger partial charge in [-0.05, 0) is 36.4 Å². The van der Waals surface area contributed by atoms with Crippen LogP contribution in [0.15, 0.2) is 64.8 Å². The summed E-state index contributed by atoms with van der Waals surface area (Å²) in [4.78, 5) is 13.5. The van der Waals surface area contributed by atoms with Gasteiger partial charge in [0.1, 0.15) is 5.82 Å². The fraction of sp³-hybridized carbons (Fsp3) is 0.143. The maximum Gasteiger partial charge on any atom is 0.318 e. The summed E-state index contributed by atoms with van der Waals surface area (Å²) in [6.07, 6.45) is 2.54. The molecule has 0 atom stereocenters. The molecule has 4 heterocycles. The molecule has 0 fully saturated rings. The summed E-state index contributed by atoms with van der Waals surface area (Å²) < 4.78 is 19.9. The molecule has 0 aliphatic carbocycles. The standard InChI is InChI=1S/C14H12FN5O.C7H5NS/c15-10-3-1-9(2-4-10)13-18-19-14(21-13)20-6-5-11-12(7-20)17-8-16-11;1-2-4-7-6(3-1)8-5-9-7/h1-4,8H,5-7H2,(H,16,17);1-5H. The van der Waals surface area contributed by atoms with E-state index in [4.69, 9.17) is 4.42 Å². The topological polar surface area (TPSA) is 83.7 Å². The van der Waals surface area contributed by atoms with Crippen molar-refractivity contribution >= 4 is 27.6 Å². The Morgan fingerprint density at radius 1 is 1.03 bits per heavy atom. The summed E-state index contributed by atoms with van der Waals surface area (Å²) in [5.74, 6) is 0.0988. The molecule has 30 heavy (non-hydrogen) atoms. The third-order valence-corrected chi connectivity index (χ3v) is 5.60. The number of H-pyrrole nitrogens is 1. The number of imidazole rings is 1. The van der Waals surface area contributed by atoms with Crippen LogP contribution >= 0.6 is 11.3 Å². The van der Waals surface area contributed by atoms with Crippen molar-refractivity contribution in [3.8, 4) is 11.5 Å². The first kappa shape index (κ1) is 18.4. The van der Waals surface area contributed by atoms with Gasteiger partial charge in [0.05, 0.1) is 40.0 Å². The van der Waals surface area contributed by atoms with Crippen molar-refractivity contribution in [1.29, 1.82) is 0 Å². The third kappa shape index (κ3) is 3.79. The molecular weight excluding hydrogens is 403 g/mol. The smallest absolute Gasteiger partial charge is 0.318 e. The minimum absolute atomic E-state index is 0.290. The number of anilines is 1. The number of nitrogens with zero attached hydrogens (tertiary/aromatic N) is 5. The van der Waals surface area contributed by atoms with Crippen LogP contribution in [0.25, 0.3) is 21.7 Å². The van der Waals surface area contributed by atoms with Crippen LogP contribution in [0.1, 0.15) is 11.4 Å². The summed E-state index contributed by atoms with van der Waals surface area (Å²) >= 11 is 1.68. The van der Waals surface area contributed by atoms with E-state index in [1.54, 1.807) is 29.8 Å². The molecule has 0 amide bonds. The Labute approximate surface area is 175 Å². The molecule has 0 saturated carbocycles. The summed E-state index contributed by atoms with van der Waals surface area (Å²) in [6.45, 7) is 1.45. The number of nitrogens with one attached hydrogen (secondary N) is 1. The van der Waals surface area contributed by atoms with Crippen LogP contribution in [0.2, 0.25) is 0 Å². The van der Waals surface area contributed by atoms with Crippen LogP contribution in [0, 0.1) is 5.82 Å². The number of hydrogen-bond acceptors (Lipinski definition) is 7. The lowest BCUT2D eigenvalue weighted by Crippen LogP contribution is -2.30. The number of fused-ring (bicyclic) bond motifs is 2. The van der Waals surface area contributed by atoms with Gasteiger partial charge >= 0.3 is 6.01 Å². The number of benzene rings is 2. The van der Waals surface area contributed by atoms with Gasteiger partial charge in [0.15, 0.2) is 0 Å². The van der Waals surface area contributed by atoms with Crippen LogP contribution in [0.5, 0.6) is 0 Å². The highest BCUT2D eigenvalue weighted by atomic mass is 32.1. The number of halogens is 1. The van der Waals surface area contributed by atoms with Gasteiger partial charge in [-0.2, -0.15) is 0 Å². The second-order valence-electron chi connectivity index (χ2n) is 6.72. The molecule has 3 aromatic heterocycles. The molecule has 0 saturated heterocycles. The van der Waals surface area contributed by atoms with Gasteiger partial charge in [-0.1, -0.05) is 17.2 Å². The van der Waals surface area contributed by atoms with E-state index in [1.807, 2.05) is 28.6 Å². The summed E-state index contributed by atoms with van der Waals surface area (Å²) in [5, 5.41) is 8.11. The van der Waals surface area contributed by atoms with Gasteiger partial charge in [0, 0.05) is 18.5 Å².